The molecule has 0 saturated carbocycles. The lowest BCUT2D eigenvalue weighted by atomic mass is 9.81. The Morgan fingerprint density at radius 1 is 1.09 bits per heavy atom. The van der Waals surface area contributed by atoms with Gasteiger partial charge in [0.15, 0.2) is 5.13 Å². The summed E-state index contributed by atoms with van der Waals surface area (Å²) < 4.78 is 11.5. The van der Waals surface area contributed by atoms with Crippen LogP contribution < -0.4 is 14.4 Å². The molecule has 1 amide bonds. The number of methoxy groups -OCH3 is 1. The first-order chi connectivity index (χ1) is 17.0. The minimum absolute atomic E-state index is 0.120. The van der Waals surface area contributed by atoms with E-state index in [1.807, 2.05) is 41.3 Å². The normalized spacial score (nSPS) is 18.9. The number of hydrogen-bond acceptors (Lipinski definition) is 7. The summed E-state index contributed by atoms with van der Waals surface area (Å²) in [5, 5.41) is 0.901. The SMILES string of the molecule is COc1ccc2nc(N3CC4(CCN(C(C)=O)C4)c4cc(OCc5ccccc5)ccc43)sc2n1. The van der Waals surface area contributed by atoms with Crippen LogP contribution in [0.5, 0.6) is 11.6 Å². The van der Waals surface area contributed by atoms with Crippen molar-refractivity contribution >= 4 is 38.4 Å². The number of rotatable bonds is 5. The Bertz CT molecular complexity index is 1410. The van der Waals surface area contributed by atoms with Crippen molar-refractivity contribution in [2.24, 2.45) is 0 Å². The number of carbonyl (C=O) groups is 1. The maximum Gasteiger partial charge on any atom is 0.219 e. The van der Waals surface area contributed by atoms with Crippen LogP contribution in [0.3, 0.4) is 0 Å². The van der Waals surface area contributed by atoms with Crippen molar-refractivity contribution < 1.29 is 14.3 Å². The van der Waals surface area contributed by atoms with Crippen LogP contribution in [0.15, 0.2) is 60.7 Å². The number of ether oxygens (including phenoxy) is 2. The first-order valence-electron chi connectivity index (χ1n) is 11.7. The number of likely N-dealkylation sites (tertiary alicyclic amines) is 1. The molecule has 8 heteroatoms. The number of thiazole rings is 1. The zero-order chi connectivity index (χ0) is 24.0. The predicted molar refractivity (Wildman–Crippen MR) is 137 cm³/mol. The molecule has 2 aromatic heterocycles. The molecule has 1 unspecified atom stereocenters. The molecule has 0 radical (unpaired) electrons. The summed E-state index contributed by atoms with van der Waals surface area (Å²) in [4.78, 5) is 26.7. The summed E-state index contributed by atoms with van der Waals surface area (Å²) in [6, 6.07) is 20.3. The first kappa shape index (κ1) is 21.9. The average Bonchev–Trinajstić information content (AvgIpc) is 3.59. The number of pyridine rings is 1. The van der Waals surface area contributed by atoms with Gasteiger partial charge < -0.3 is 19.3 Å². The topological polar surface area (TPSA) is 67.8 Å². The number of fused-ring (bicyclic) bond motifs is 3. The number of hydrogen-bond donors (Lipinski definition) is 0. The third-order valence-electron chi connectivity index (χ3n) is 7.00. The highest BCUT2D eigenvalue weighted by Crippen LogP contribution is 2.51. The van der Waals surface area contributed by atoms with Crippen LogP contribution in [0.1, 0.15) is 24.5 Å². The molecule has 6 rings (SSSR count). The van der Waals surface area contributed by atoms with E-state index in [0.29, 0.717) is 19.0 Å². The third kappa shape index (κ3) is 3.87. The number of amides is 1. The fourth-order valence-corrected chi connectivity index (χ4v) is 6.10. The quantitative estimate of drug-likeness (QED) is 0.399. The van der Waals surface area contributed by atoms with E-state index in [2.05, 4.69) is 34.1 Å². The van der Waals surface area contributed by atoms with Gasteiger partial charge in [0, 0.05) is 43.7 Å². The molecular weight excluding hydrogens is 460 g/mol. The lowest BCUT2D eigenvalue weighted by Crippen LogP contribution is -2.36. The molecule has 2 aliphatic rings. The lowest BCUT2D eigenvalue weighted by Gasteiger charge is -2.25. The molecular formula is C27H26N4O3S. The number of nitrogens with zero attached hydrogens (tertiary/aromatic N) is 4. The van der Waals surface area contributed by atoms with Crippen LogP contribution >= 0.6 is 11.3 Å². The lowest BCUT2D eigenvalue weighted by molar-refractivity contribution is -0.127. The third-order valence-corrected chi connectivity index (χ3v) is 7.99. The second kappa shape index (κ2) is 8.53. The summed E-state index contributed by atoms with van der Waals surface area (Å²) >= 11 is 1.56. The van der Waals surface area contributed by atoms with Crippen molar-refractivity contribution in [3.8, 4) is 11.6 Å². The summed E-state index contributed by atoms with van der Waals surface area (Å²) in [5.41, 5.74) is 4.17. The summed E-state index contributed by atoms with van der Waals surface area (Å²) in [7, 11) is 1.62. The Kier molecular flexibility index (Phi) is 5.33. The molecule has 0 N–H and O–H groups in total. The molecule has 2 aliphatic heterocycles. The van der Waals surface area contributed by atoms with Gasteiger partial charge in [0.25, 0.3) is 0 Å². The molecule has 35 heavy (non-hydrogen) atoms. The van der Waals surface area contributed by atoms with Crippen LogP contribution in [0.4, 0.5) is 10.8 Å². The molecule has 1 fully saturated rings. The molecule has 4 heterocycles. The van der Waals surface area contributed by atoms with Gasteiger partial charge in [-0.2, -0.15) is 0 Å². The van der Waals surface area contributed by atoms with Crippen LogP contribution in [0.25, 0.3) is 10.3 Å². The molecule has 1 saturated heterocycles. The highest BCUT2D eigenvalue weighted by molar-refractivity contribution is 7.21. The Hall–Kier alpha value is -3.65. The standard InChI is InChI=1S/C27H26N4O3S/c1-18(32)30-13-12-27(16-30)17-31(26-28-22-9-11-24(33-2)29-25(22)35-26)23-10-8-20(14-21(23)27)34-15-19-6-4-3-5-7-19/h3-11,14H,12-13,15-17H2,1-2H3. The minimum Gasteiger partial charge on any atom is -0.489 e. The Balaban J connectivity index is 1.37. The highest BCUT2D eigenvalue weighted by Gasteiger charge is 2.49. The van der Waals surface area contributed by atoms with Gasteiger partial charge >= 0.3 is 0 Å². The van der Waals surface area contributed by atoms with E-state index in [9.17, 15) is 4.79 Å². The van der Waals surface area contributed by atoms with E-state index < -0.39 is 0 Å². The van der Waals surface area contributed by atoms with E-state index in [4.69, 9.17) is 14.5 Å². The van der Waals surface area contributed by atoms with Gasteiger partial charge in [0.2, 0.25) is 11.8 Å². The molecule has 0 bridgehead atoms. The molecule has 7 nitrogen and oxygen atoms in total. The van der Waals surface area contributed by atoms with Crippen molar-refractivity contribution in [2.45, 2.75) is 25.4 Å². The van der Waals surface area contributed by atoms with Gasteiger partial charge in [0.05, 0.1) is 7.11 Å². The number of benzene rings is 2. The van der Waals surface area contributed by atoms with E-state index >= 15 is 0 Å². The minimum atomic E-state index is -0.157. The summed E-state index contributed by atoms with van der Waals surface area (Å²) in [5.74, 6) is 1.54. The number of carbonyl (C=O) groups excluding carboxylic acids is 1. The van der Waals surface area contributed by atoms with Gasteiger partial charge in [-0.1, -0.05) is 41.7 Å². The van der Waals surface area contributed by atoms with Crippen molar-refractivity contribution in [1.29, 1.82) is 0 Å². The Morgan fingerprint density at radius 3 is 2.71 bits per heavy atom. The second-order valence-electron chi connectivity index (χ2n) is 9.18. The van der Waals surface area contributed by atoms with Crippen LogP contribution in [-0.4, -0.2) is 47.5 Å². The van der Waals surface area contributed by atoms with Crippen LogP contribution in [0, 0.1) is 0 Å². The molecule has 1 atom stereocenters. The zero-order valence-corrected chi connectivity index (χ0v) is 20.5. The summed E-state index contributed by atoms with van der Waals surface area (Å²) in [6.07, 6.45) is 0.912. The van der Waals surface area contributed by atoms with Crippen molar-refractivity contribution in [3.05, 3.63) is 71.8 Å². The first-order valence-corrected chi connectivity index (χ1v) is 12.5. The largest absolute Gasteiger partial charge is 0.489 e. The maximum atomic E-state index is 12.2. The second-order valence-corrected chi connectivity index (χ2v) is 10.1. The van der Waals surface area contributed by atoms with Gasteiger partial charge in [-0.25, -0.2) is 9.97 Å². The number of anilines is 2. The molecule has 2 aromatic carbocycles. The monoisotopic (exact) mass is 486 g/mol. The van der Waals surface area contributed by atoms with Gasteiger partial charge in [-0.15, -0.1) is 0 Å². The fraction of sp³-hybridized carbons (Fsp3) is 0.296. The smallest absolute Gasteiger partial charge is 0.219 e. The summed E-state index contributed by atoms with van der Waals surface area (Å²) in [6.45, 7) is 4.40. The molecule has 1 spiro atoms. The van der Waals surface area contributed by atoms with Crippen molar-refractivity contribution in [1.82, 2.24) is 14.9 Å². The van der Waals surface area contributed by atoms with Gasteiger partial charge in [-0.3, -0.25) is 4.79 Å². The maximum absolute atomic E-state index is 12.2. The fourth-order valence-electron chi connectivity index (χ4n) is 5.16. The molecule has 0 aliphatic carbocycles. The Labute approximate surface area is 207 Å². The van der Waals surface area contributed by atoms with Gasteiger partial charge in [0.1, 0.15) is 22.7 Å². The van der Waals surface area contributed by atoms with Gasteiger partial charge in [-0.05, 0) is 41.8 Å². The van der Waals surface area contributed by atoms with E-state index in [1.165, 1.54) is 5.56 Å². The van der Waals surface area contributed by atoms with E-state index in [0.717, 1.165) is 52.0 Å². The van der Waals surface area contributed by atoms with E-state index in [1.54, 1.807) is 25.4 Å². The van der Waals surface area contributed by atoms with Crippen LogP contribution in [-0.2, 0) is 16.8 Å². The molecule has 4 aromatic rings. The van der Waals surface area contributed by atoms with Crippen LogP contribution in [0.2, 0.25) is 0 Å². The molecule has 178 valence electrons. The average molecular weight is 487 g/mol. The van der Waals surface area contributed by atoms with E-state index in [-0.39, 0.29) is 11.3 Å². The number of aromatic nitrogens is 2. The zero-order valence-electron chi connectivity index (χ0n) is 19.7. The predicted octanol–water partition coefficient (Wildman–Crippen LogP) is 4.92. The Morgan fingerprint density at radius 2 is 1.94 bits per heavy atom. The van der Waals surface area contributed by atoms with Crippen molar-refractivity contribution in [3.63, 3.8) is 0 Å². The highest BCUT2D eigenvalue weighted by atomic mass is 32.1. The van der Waals surface area contributed by atoms with Crippen molar-refractivity contribution in [2.75, 3.05) is 31.6 Å².